The Labute approximate surface area is 111 Å². The number of ether oxygens (including phenoxy) is 1. The van der Waals surface area contributed by atoms with Crippen LogP contribution >= 0.6 is 27.5 Å². The molecule has 1 heterocycles. The van der Waals surface area contributed by atoms with E-state index in [2.05, 4.69) is 21.2 Å². The third-order valence-electron chi connectivity index (χ3n) is 2.57. The molecule has 1 aromatic rings. The number of hydrogen-bond donors (Lipinski definition) is 1. The van der Waals surface area contributed by atoms with Gasteiger partial charge in [-0.05, 0) is 34.5 Å². The fourth-order valence-corrected chi connectivity index (χ4v) is 2.14. The van der Waals surface area contributed by atoms with Gasteiger partial charge in [0.2, 0.25) is 5.91 Å². The number of halogens is 3. The van der Waals surface area contributed by atoms with Gasteiger partial charge in [-0.15, -0.1) is 0 Å². The van der Waals surface area contributed by atoms with E-state index in [9.17, 15) is 9.18 Å². The smallest absolute Gasteiger partial charge is 0.229 e. The zero-order valence-corrected chi connectivity index (χ0v) is 11.1. The van der Waals surface area contributed by atoms with Crippen LogP contribution in [-0.4, -0.2) is 19.1 Å². The summed E-state index contributed by atoms with van der Waals surface area (Å²) in [6.07, 6.45) is 0.700. The molecule has 1 fully saturated rings. The van der Waals surface area contributed by atoms with Gasteiger partial charge in [-0.25, -0.2) is 4.39 Å². The van der Waals surface area contributed by atoms with Gasteiger partial charge in [0.25, 0.3) is 0 Å². The standard InChI is InChI=1S/C11H10BrClFNO2/c12-7-3-10(8(13)4-9(7)14)15-11(16)6-1-2-17-5-6/h3-4,6H,1-2,5H2,(H,15,16). The van der Waals surface area contributed by atoms with Gasteiger partial charge in [0.1, 0.15) is 5.82 Å². The zero-order chi connectivity index (χ0) is 12.4. The third kappa shape index (κ3) is 2.97. The van der Waals surface area contributed by atoms with Crippen LogP contribution in [-0.2, 0) is 9.53 Å². The summed E-state index contributed by atoms with van der Waals surface area (Å²) in [7, 11) is 0. The van der Waals surface area contributed by atoms with Crippen LogP contribution in [0.2, 0.25) is 5.02 Å². The molecule has 1 aliphatic rings. The topological polar surface area (TPSA) is 38.3 Å². The van der Waals surface area contributed by atoms with Crippen LogP contribution < -0.4 is 5.32 Å². The molecule has 1 saturated heterocycles. The summed E-state index contributed by atoms with van der Waals surface area (Å²) in [4.78, 5) is 11.8. The van der Waals surface area contributed by atoms with E-state index in [1.165, 1.54) is 6.07 Å². The van der Waals surface area contributed by atoms with Crippen LogP contribution in [0.1, 0.15) is 6.42 Å². The molecule has 0 bridgehead atoms. The molecule has 1 aromatic carbocycles. The summed E-state index contributed by atoms with van der Waals surface area (Å²) in [5.41, 5.74) is 0.400. The second kappa shape index (κ2) is 5.33. The lowest BCUT2D eigenvalue weighted by Gasteiger charge is -2.11. The molecule has 6 heteroatoms. The van der Waals surface area contributed by atoms with Crippen molar-refractivity contribution in [2.45, 2.75) is 6.42 Å². The van der Waals surface area contributed by atoms with E-state index < -0.39 is 5.82 Å². The summed E-state index contributed by atoms with van der Waals surface area (Å²) < 4.78 is 18.5. The Balaban J connectivity index is 2.12. The summed E-state index contributed by atoms with van der Waals surface area (Å²) in [5.74, 6) is -0.769. The lowest BCUT2D eigenvalue weighted by atomic mass is 10.1. The van der Waals surface area contributed by atoms with Gasteiger partial charge in [-0.1, -0.05) is 11.6 Å². The molecule has 0 aromatic heterocycles. The van der Waals surface area contributed by atoms with Crippen molar-refractivity contribution in [3.63, 3.8) is 0 Å². The van der Waals surface area contributed by atoms with Gasteiger partial charge in [-0.2, -0.15) is 0 Å². The SMILES string of the molecule is O=C(Nc1cc(Br)c(F)cc1Cl)C1CCOC1. The normalized spacial score (nSPS) is 19.4. The average molecular weight is 323 g/mol. The van der Waals surface area contributed by atoms with Gasteiger partial charge in [0.05, 0.1) is 27.7 Å². The third-order valence-corrected chi connectivity index (χ3v) is 3.49. The molecule has 1 atom stereocenters. The van der Waals surface area contributed by atoms with Gasteiger partial charge >= 0.3 is 0 Å². The van der Waals surface area contributed by atoms with Crippen molar-refractivity contribution < 1.29 is 13.9 Å². The Hall–Kier alpha value is -0.650. The summed E-state index contributed by atoms with van der Waals surface area (Å²) in [5, 5.41) is 2.85. The first kappa shape index (κ1) is 12.8. The van der Waals surface area contributed by atoms with Crippen LogP contribution in [0.4, 0.5) is 10.1 Å². The van der Waals surface area contributed by atoms with E-state index >= 15 is 0 Å². The van der Waals surface area contributed by atoms with Crippen LogP contribution in [0.25, 0.3) is 0 Å². The van der Waals surface area contributed by atoms with E-state index in [0.29, 0.717) is 25.3 Å². The van der Waals surface area contributed by atoms with Crippen molar-refractivity contribution in [2.24, 2.45) is 5.92 Å². The van der Waals surface area contributed by atoms with Crippen molar-refractivity contribution in [1.29, 1.82) is 0 Å². The number of nitrogens with one attached hydrogen (secondary N) is 1. The Bertz CT molecular complexity index is 449. The molecule has 0 saturated carbocycles. The second-order valence-electron chi connectivity index (χ2n) is 3.80. The lowest BCUT2D eigenvalue weighted by Crippen LogP contribution is -2.23. The van der Waals surface area contributed by atoms with Gasteiger partial charge in [-0.3, -0.25) is 4.79 Å². The fraction of sp³-hybridized carbons (Fsp3) is 0.364. The summed E-state index contributed by atoms with van der Waals surface area (Å²) in [6, 6.07) is 2.61. The van der Waals surface area contributed by atoms with Gasteiger partial charge in [0, 0.05) is 6.61 Å². The quantitative estimate of drug-likeness (QED) is 0.849. The number of anilines is 1. The largest absolute Gasteiger partial charge is 0.381 e. The minimum atomic E-state index is -0.461. The molecule has 0 aliphatic carbocycles. The highest BCUT2D eigenvalue weighted by atomic mass is 79.9. The number of amides is 1. The van der Waals surface area contributed by atoms with Crippen molar-refractivity contribution >= 4 is 39.1 Å². The van der Waals surface area contributed by atoms with Gasteiger partial charge < -0.3 is 10.1 Å². The monoisotopic (exact) mass is 321 g/mol. The molecular formula is C11H10BrClFNO2. The highest BCUT2D eigenvalue weighted by Gasteiger charge is 2.24. The molecule has 0 radical (unpaired) electrons. The summed E-state index contributed by atoms with van der Waals surface area (Å²) >= 11 is 8.89. The van der Waals surface area contributed by atoms with E-state index in [0.717, 1.165) is 6.07 Å². The van der Waals surface area contributed by atoms with Crippen LogP contribution in [0, 0.1) is 11.7 Å². The van der Waals surface area contributed by atoms with Crippen LogP contribution in [0.3, 0.4) is 0 Å². The highest BCUT2D eigenvalue weighted by molar-refractivity contribution is 9.10. The highest BCUT2D eigenvalue weighted by Crippen LogP contribution is 2.29. The first-order valence-electron chi connectivity index (χ1n) is 5.11. The first-order valence-corrected chi connectivity index (χ1v) is 6.28. The molecular weight excluding hydrogens is 312 g/mol. The number of carbonyl (C=O) groups is 1. The Kier molecular flexibility index (Phi) is 4.01. The Morgan fingerprint density at radius 2 is 2.35 bits per heavy atom. The maximum absolute atomic E-state index is 13.1. The first-order chi connectivity index (χ1) is 8.08. The second-order valence-corrected chi connectivity index (χ2v) is 5.06. The fourth-order valence-electron chi connectivity index (χ4n) is 1.59. The molecule has 2 rings (SSSR count). The molecule has 92 valence electrons. The molecule has 3 nitrogen and oxygen atoms in total. The van der Waals surface area contributed by atoms with Gasteiger partial charge in [0.15, 0.2) is 0 Å². The maximum atomic E-state index is 13.1. The van der Waals surface area contributed by atoms with Crippen molar-refractivity contribution in [3.05, 3.63) is 27.4 Å². The predicted molar refractivity (Wildman–Crippen MR) is 66.7 cm³/mol. The van der Waals surface area contributed by atoms with E-state index in [4.69, 9.17) is 16.3 Å². The minimum Gasteiger partial charge on any atom is -0.381 e. The molecule has 1 N–H and O–H groups in total. The number of benzene rings is 1. The average Bonchev–Trinajstić information content (AvgIpc) is 2.79. The minimum absolute atomic E-state index is 0.150. The molecule has 0 spiro atoms. The predicted octanol–water partition coefficient (Wildman–Crippen LogP) is 3.22. The maximum Gasteiger partial charge on any atom is 0.229 e. The van der Waals surface area contributed by atoms with Crippen LogP contribution in [0.5, 0.6) is 0 Å². The van der Waals surface area contributed by atoms with Crippen LogP contribution in [0.15, 0.2) is 16.6 Å². The summed E-state index contributed by atoms with van der Waals surface area (Å²) in [6.45, 7) is 1.02. The number of hydrogen-bond acceptors (Lipinski definition) is 2. The van der Waals surface area contributed by atoms with E-state index in [1.54, 1.807) is 0 Å². The number of rotatable bonds is 2. The van der Waals surface area contributed by atoms with Crippen molar-refractivity contribution in [3.8, 4) is 0 Å². The zero-order valence-electron chi connectivity index (χ0n) is 8.80. The van der Waals surface area contributed by atoms with Crippen molar-refractivity contribution in [2.75, 3.05) is 18.5 Å². The molecule has 1 amide bonds. The molecule has 17 heavy (non-hydrogen) atoms. The lowest BCUT2D eigenvalue weighted by molar-refractivity contribution is -0.119. The molecule has 1 aliphatic heterocycles. The Morgan fingerprint density at radius 1 is 1.59 bits per heavy atom. The molecule has 1 unspecified atom stereocenters. The van der Waals surface area contributed by atoms with E-state index in [-0.39, 0.29) is 21.3 Å². The van der Waals surface area contributed by atoms with E-state index in [1.807, 2.05) is 0 Å². The Morgan fingerprint density at radius 3 is 3.00 bits per heavy atom. The number of carbonyl (C=O) groups excluding carboxylic acids is 1. The van der Waals surface area contributed by atoms with Crippen molar-refractivity contribution in [1.82, 2.24) is 0 Å².